The van der Waals surface area contributed by atoms with Crippen molar-refractivity contribution < 1.29 is 4.79 Å². The fraction of sp³-hybridized carbons (Fsp3) is 0.500. The second-order valence-corrected chi connectivity index (χ2v) is 3.24. The molecule has 12 heavy (non-hydrogen) atoms. The zero-order chi connectivity index (χ0) is 9.56. The summed E-state index contributed by atoms with van der Waals surface area (Å²) in [5, 5.41) is 0. The smallest absolute Gasteiger partial charge is 0.143 e. The first-order valence-corrected chi connectivity index (χ1v) is 4.08. The van der Waals surface area contributed by atoms with Gasteiger partial charge in [-0.25, -0.2) is 0 Å². The summed E-state index contributed by atoms with van der Waals surface area (Å²) >= 11 is 0. The van der Waals surface area contributed by atoms with Crippen molar-refractivity contribution in [3.05, 3.63) is 23.9 Å². The third kappa shape index (κ3) is 4.72. The molecule has 0 N–H and O–H groups in total. The second kappa shape index (κ2) is 5.58. The summed E-state index contributed by atoms with van der Waals surface area (Å²) < 4.78 is 0. The maximum Gasteiger partial charge on any atom is 0.143 e. The fourth-order valence-corrected chi connectivity index (χ4v) is 0.754. The molecular weight excluding hydrogens is 150 g/mol. The third-order valence-electron chi connectivity index (χ3n) is 1.49. The van der Waals surface area contributed by atoms with E-state index in [0.29, 0.717) is 5.92 Å². The maximum absolute atomic E-state index is 10.2. The van der Waals surface area contributed by atoms with Crippen molar-refractivity contribution in [3.8, 4) is 0 Å². The number of rotatable bonds is 4. The summed E-state index contributed by atoms with van der Waals surface area (Å²) in [6, 6.07) is 0. The van der Waals surface area contributed by atoms with Crippen LogP contribution in [0.15, 0.2) is 23.9 Å². The highest BCUT2D eigenvalue weighted by atomic mass is 16.1. The number of hydrogen-bond donors (Lipinski definition) is 0. The lowest BCUT2D eigenvalue weighted by atomic mass is 10.0. The summed E-state index contributed by atoms with van der Waals surface area (Å²) in [4.78, 5) is 12.2. The molecule has 0 spiro atoms. The lowest BCUT2D eigenvalue weighted by Gasteiger charge is -2.07. The SMILES string of the molecule is CC(C)C(/C=C\N(C)C)=C/C=O. The summed E-state index contributed by atoms with van der Waals surface area (Å²) in [5.41, 5.74) is 1.05. The lowest BCUT2D eigenvalue weighted by molar-refractivity contribution is -0.104. The molecule has 0 aliphatic rings. The van der Waals surface area contributed by atoms with Crippen LogP contribution in [0.4, 0.5) is 0 Å². The van der Waals surface area contributed by atoms with Gasteiger partial charge in [-0.15, -0.1) is 0 Å². The second-order valence-electron chi connectivity index (χ2n) is 3.24. The number of allylic oxidation sites excluding steroid dienone is 3. The van der Waals surface area contributed by atoms with Crippen LogP contribution in [0.25, 0.3) is 0 Å². The van der Waals surface area contributed by atoms with Crippen LogP contribution in [0.3, 0.4) is 0 Å². The Labute approximate surface area is 74.6 Å². The standard InChI is InChI=1S/C10H17NO/c1-9(2)10(6-8-12)5-7-11(3)4/h5-9H,1-4H3/b7-5-,10-6+. The van der Waals surface area contributed by atoms with Gasteiger partial charge in [0, 0.05) is 14.1 Å². The molecule has 68 valence electrons. The van der Waals surface area contributed by atoms with Gasteiger partial charge in [0.1, 0.15) is 6.29 Å². The Morgan fingerprint density at radius 2 is 1.92 bits per heavy atom. The van der Waals surface area contributed by atoms with E-state index in [0.717, 1.165) is 11.9 Å². The van der Waals surface area contributed by atoms with E-state index in [2.05, 4.69) is 13.8 Å². The van der Waals surface area contributed by atoms with Crippen LogP contribution in [0, 0.1) is 5.92 Å². The molecule has 0 bridgehead atoms. The zero-order valence-electron chi connectivity index (χ0n) is 8.24. The highest BCUT2D eigenvalue weighted by Crippen LogP contribution is 2.09. The van der Waals surface area contributed by atoms with Crippen LogP contribution in [-0.2, 0) is 4.79 Å². The van der Waals surface area contributed by atoms with Gasteiger partial charge >= 0.3 is 0 Å². The van der Waals surface area contributed by atoms with Crippen LogP contribution >= 0.6 is 0 Å². The minimum absolute atomic E-state index is 0.395. The van der Waals surface area contributed by atoms with Crippen molar-refractivity contribution in [2.75, 3.05) is 14.1 Å². The van der Waals surface area contributed by atoms with E-state index in [1.54, 1.807) is 6.08 Å². The van der Waals surface area contributed by atoms with E-state index in [-0.39, 0.29) is 0 Å². The fourth-order valence-electron chi connectivity index (χ4n) is 0.754. The molecule has 0 aliphatic heterocycles. The number of aldehydes is 1. The Hall–Kier alpha value is -1.05. The molecule has 0 heterocycles. The van der Waals surface area contributed by atoms with Crippen molar-refractivity contribution in [1.29, 1.82) is 0 Å². The molecule has 2 nitrogen and oxygen atoms in total. The van der Waals surface area contributed by atoms with E-state index in [1.807, 2.05) is 31.3 Å². The van der Waals surface area contributed by atoms with Gasteiger partial charge in [-0.2, -0.15) is 0 Å². The third-order valence-corrected chi connectivity index (χ3v) is 1.49. The first-order chi connectivity index (χ1) is 5.57. The molecular formula is C10H17NO. The number of nitrogens with zero attached hydrogens (tertiary/aromatic N) is 1. The predicted octanol–water partition coefficient (Wildman–Crippen LogP) is 1.84. The van der Waals surface area contributed by atoms with Crippen LogP contribution in [0.1, 0.15) is 13.8 Å². The molecule has 0 aromatic heterocycles. The molecule has 0 radical (unpaired) electrons. The molecule has 0 aliphatic carbocycles. The topological polar surface area (TPSA) is 20.3 Å². The van der Waals surface area contributed by atoms with Gasteiger partial charge in [-0.3, -0.25) is 4.79 Å². The Kier molecular flexibility index (Phi) is 5.09. The Morgan fingerprint density at radius 1 is 1.33 bits per heavy atom. The van der Waals surface area contributed by atoms with Crippen molar-refractivity contribution in [2.45, 2.75) is 13.8 Å². The largest absolute Gasteiger partial charge is 0.383 e. The van der Waals surface area contributed by atoms with Crippen LogP contribution < -0.4 is 0 Å². The molecule has 0 amide bonds. The first-order valence-electron chi connectivity index (χ1n) is 4.08. The van der Waals surface area contributed by atoms with Crippen LogP contribution in [-0.4, -0.2) is 25.3 Å². The molecule has 0 aromatic carbocycles. The molecule has 0 atom stereocenters. The van der Waals surface area contributed by atoms with Crippen molar-refractivity contribution >= 4 is 6.29 Å². The Bertz CT molecular complexity index is 190. The van der Waals surface area contributed by atoms with Gasteiger partial charge in [0.25, 0.3) is 0 Å². The molecule has 2 heteroatoms. The molecule has 0 saturated heterocycles. The average molecular weight is 167 g/mol. The minimum Gasteiger partial charge on any atom is -0.383 e. The van der Waals surface area contributed by atoms with Gasteiger partial charge in [0.2, 0.25) is 0 Å². The number of carbonyl (C=O) groups excluding carboxylic acids is 1. The summed E-state index contributed by atoms with van der Waals surface area (Å²) in [7, 11) is 3.91. The summed E-state index contributed by atoms with van der Waals surface area (Å²) in [6.07, 6.45) is 6.33. The quantitative estimate of drug-likeness (QED) is 0.362. The Morgan fingerprint density at radius 3 is 2.25 bits per heavy atom. The number of carbonyl (C=O) groups is 1. The average Bonchev–Trinajstić information content (AvgIpc) is 1.96. The van der Waals surface area contributed by atoms with E-state index in [1.165, 1.54) is 0 Å². The normalized spacial score (nSPS) is 12.6. The molecule has 0 saturated carbocycles. The molecule has 0 unspecified atom stereocenters. The monoisotopic (exact) mass is 167 g/mol. The van der Waals surface area contributed by atoms with Crippen LogP contribution in [0.2, 0.25) is 0 Å². The van der Waals surface area contributed by atoms with Gasteiger partial charge in [-0.1, -0.05) is 13.8 Å². The Balaban J connectivity index is 4.34. The molecule has 0 rings (SSSR count). The summed E-state index contributed by atoms with van der Waals surface area (Å²) in [5.74, 6) is 0.395. The van der Waals surface area contributed by atoms with E-state index < -0.39 is 0 Å². The van der Waals surface area contributed by atoms with Gasteiger partial charge < -0.3 is 4.90 Å². The van der Waals surface area contributed by atoms with Gasteiger partial charge in [0.05, 0.1) is 0 Å². The first kappa shape index (κ1) is 11.0. The minimum atomic E-state index is 0.395. The molecule has 0 aromatic rings. The van der Waals surface area contributed by atoms with Crippen LogP contribution in [0.5, 0.6) is 0 Å². The zero-order valence-corrected chi connectivity index (χ0v) is 8.24. The van der Waals surface area contributed by atoms with E-state index in [4.69, 9.17) is 0 Å². The van der Waals surface area contributed by atoms with E-state index >= 15 is 0 Å². The molecule has 0 fully saturated rings. The predicted molar refractivity (Wildman–Crippen MR) is 51.8 cm³/mol. The van der Waals surface area contributed by atoms with Crippen molar-refractivity contribution in [3.63, 3.8) is 0 Å². The highest BCUT2D eigenvalue weighted by Gasteiger charge is 1.97. The maximum atomic E-state index is 10.2. The number of hydrogen-bond acceptors (Lipinski definition) is 2. The van der Waals surface area contributed by atoms with Gasteiger partial charge in [0.15, 0.2) is 0 Å². The van der Waals surface area contributed by atoms with Crippen molar-refractivity contribution in [1.82, 2.24) is 4.90 Å². The lowest BCUT2D eigenvalue weighted by Crippen LogP contribution is -2.01. The van der Waals surface area contributed by atoms with Gasteiger partial charge in [-0.05, 0) is 29.8 Å². The summed E-state index contributed by atoms with van der Waals surface area (Å²) in [6.45, 7) is 4.13. The highest BCUT2D eigenvalue weighted by molar-refractivity contribution is 5.67. The van der Waals surface area contributed by atoms with E-state index in [9.17, 15) is 4.79 Å². The van der Waals surface area contributed by atoms with Crippen molar-refractivity contribution in [2.24, 2.45) is 5.92 Å².